The molecule has 1 unspecified atom stereocenters. The molecule has 0 aliphatic carbocycles. The third-order valence-corrected chi connectivity index (χ3v) is 2.28. The Balaban J connectivity index is 2.61. The summed E-state index contributed by atoms with van der Waals surface area (Å²) >= 11 is 0. The number of anilines is 1. The van der Waals surface area contributed by atoms with Crippen molar-refractivity contribution in [2.75, 3.05) is 5.73 Å². The molecule has 0 saturated carbocycles. The molecule has 0 heterocycles. The fourth-order valence-corrected chi connectivity index (χ4v) is 1.36. The van der Waals surface area contributed by atoms with Gasteiger partial charge in [0.25, 0.3) is 5.91 Å². The van der Waals surface area contributed by atoms with E-state index in [4.69, 9.17) is 10.5 Å². The van der Waals surface area contributed by atoms with Gasteiger partial charge in [0.15, 0.2) is 0 Å². The van der Waals surface area contributed by atoms with Crippen LogP contribution in [0.15, 0.2) is 24.3 Å². The SMILES string of the molecule is CC(NC(=O)c1ccc(N)cc1)C(=O)OC(C)(C)C. The van der Waals surface area contributed by atoms with Crippen LogP contribution in [0.3, 0.4) is 0 Å². The smallest absolute Gasteiger partial charge is 0.328 e. The summed E-state index contributed by atoms with van der Waals surface area (Å²) in [4.78, 5) is 23.6. The molecule has 0 aliphatic rings. The van der Waals surface area contributed by atoms with Crippen LogP contribution in [-0.4, -0.2) is 23.5 Å². The topological polar surface area (TPSA) is 81.4 Å². The molecule has 5 heteroatoms. The number of hydrogen-bond acceptors (Lipinski definition) is 4. The number of esters is 1. The minimum absolute atomic E-state index is 0.335. The average Bonchev–Trinajstić information content (AvgIpc) is 2.27. The lowest BCUT2D eigenvalue weighted by atomic mass is 10.1. The van der Waals surface area contributed by atoms with Crippen molar-refractivity contribution in [2.45, 2.75) is 39.3 Å². The highest BCUT2D eigenvalue weighted by atomic mass is 16.6. The second-order valence-corrected chi connectivity index (χ2v) is 5.35. The molecule has 3 N–H and O–H groups in total. The van der Waals surface area contributed by atoms with Crippen molar-refractivity contribution >= 4 is 17.6 Å². The van der Waals surface area contributed by atoms with Gasteiger partial charge in [-0.3, -0.25) is 4.79 Å². The molecule has 104 valence electrons. The summed E-state index contributed by atoms with van der Waals surface area (Å²) in [7, 11) is 0. The van der Waals surface area contributed by atoms with Gasteiger partial charge in [0.2, 0.25) is 0 Å². The molecule has 1 aromatic carbocycles. The maximum atomic E-state index is 11.9. The highest BCUT2D eigenvalue weighted by Crippen LogP contribution is 2.09. The number of benzene rings is 1. The van der Waals surface area contributed by atoms with Crippen molar-refractivity contribution in [1.82, 2.24) is 5.32 Å². The summed E-state index contributed by atoms with van der Waals surface area (Å²) in [5.74, 6) is -0.797. The van der Waals surface area contributed by atoms with E-state index >= 15 is 0 Å². The zero-order valence-corrected chi connectivity index (χ0v) is 11.7. The number of rotatable bonds is 3. The molecule has 1 amide bonds. The van der Waals surface area contributed by atoms with Crippen molar-refractivity contribution in [3.8, 4) is 0 Å². The van der Waals surface area contributed by atoms with Crippen LogP contribution < -0.4 is 11.1 Å². The van der Waals surface area contributed by atoms with Crippen LogP contribution in [0.25, 0.3) is 0 Å². The van der Waals surface area contributed by atoms with E-state index in [0.29, 0.717) is 11.3 Å². The molecular weight excluding hydrogens is 244 g/mol. The zero-order valence-electron chi connectivity index (χ0n) is 11.7. The van der Waals surface area contributed by atoms with Crippen molar-refractivity contribution < 1.29 is 14.3 Å². The van der Waals surface area contributed by atoms with E-state index in [1.807, 2.05) is 0 Å². The van der Waals surface area contributed by atoms with E-state index in [1.54, 1.807) is 52.0 Å². The summed E-state index contributed by atoms with van der Waals surface area (Å²) in [6.45, 7) is 6.92. The van der Waals surface area contributed by atoms with Gasteiger partial charge in [0.1, 0.15) is 11.6 Å². The molecule has 0 aromatic heterocycles. The van der Waals surface area contributed by atoms with E-state index in [1.165, 1.54) is 0 Å². The number of carbonyl (C=O) groups is 2. The molecule has 0 spiro atoms. The Hall–Kier alpha value is -2.04. The number of amides is 1. The molecule has 0 fully saturated rings. The summed E-state index contributed by atoms with van der Waals surface area (Å²) in [6.07, 6.45) is 0. The fraction of sp³-hybridized carbons (Fsp3) is 0.429. The molecular formula is C14H20N2O3. The monoisotopic (exact) mass is 264 g/mol. The van der Waals surface area contributed by atoms with Gasteiger partial charge in [0, 0.05) is 11.3 Å². The Morgan fingerprint density at radius 1 is 1.21 bits per heavy atom. The number of carbonyl (C=O) groups excluding carboxylic acids is 2. The Morgan fingerprint density at radius 3 is 2.21 bits per heavy atom. The first-order valence-electron chi connectivity index (χ1n) is 6.08. The predicted molar refractivity (Wildman–Crippen MR) is 73.6 cm³/mol. The van der Waals surface area contributed by atoms with Crippen LogP contribution >= 0.6 is 0 Å². The second kappa shape index (κ2) is 5.73. The molecule has 19 heavy (non-hydrogen) atoms. The highest BCUT2D eigenvalue weighted by Gasteiger charge is 2.23. The van der Waals surface area contributed by atoms with Gasteiger partial charge in [-0.2, -0.15) is 0 Å². The van der Waals surface area contributed by atoms with E-state index in [9.17, 15) is 9.59 Å². The third-order valence-electron chi connectivity index (χ3n) is 2.28. The van der Waals surface area contributed by atoms with Crippen LogP contribution in [0.4, 0.5) is 5.69 Å². The van der Waals surface area contributed by atoms with Crippen molar-refractivity contribution in [3.63, 3.8) is 0 Å². The summed E-state index contributed by atoms with van der Waals surface area (Å²) in [5.41, 5.74) is 6.00. The summed E-state index contributed by atoms with van der Waals surface area (Å²) < 4.78 is 5.18. The van der Waals surface area contributed by atoms with Crippen molar-refractivity contribution in [3.05, 3.63) is 29.8 Å². The lowest BCUT2D eigenvalue weighted by molar-refractivity contribution is -0.156. The molecule has 0 bridgehead atoms. The molecule has 0 radical (unpaired) electrons. The van der Waals surface area contributed by atoms with Gasteiger partial charge < -0.3 is 15.8 Å². The van der Waals surface area contributed by atoms with E-state index in [0.717, 1.165) is 0 Å². The summed E-state index contributed by atoms with van der Waals surface area (Å²) in [6, 6.07) is 5.77. The third kappa shape index (κ3) is 4.99. The van der Waals surface area contributed by atoms with Gasteiger partial charge in [-0.15, -0.1) is 0 Å². The van der Waals surface area contributed by atoms with Gasteiger partial charge in [-0.1, -0.05) is 0 Å². The largest absolute Gasteiger partial charge is 0.458 e. The number of ether oxygens (including phenoxy) is 1. The zero-order chi connectivity index (χ0) is 14.6. The Morgan fingerprint density at radius 2 is 1.74 bits per heavy atom. The van der Waals surface area contributed by atoms with Crippen LogP contribution in [0.5, 0.6) is 0 Å². The van der Waals surface area contributed by atoms with Gasteiger partial charge in [-0.05, 0) is 52.0 Å². The molecule has 1 atom stereocenters. The van der Waals surface area contributed by atoms with E-state index < -0.39 is 17.6 Å². The number of nitrogens with one attached hydrogen (secondary N) is 1. The Bertz CT molecular complexity index is 461. The average molecular weight is 264 g/mol. The summed E-state index contributed by atoms with van der Waals surface area (Å²) in [5, 5.41) is 2.58. The normalized spacial score (nSPS) is 12.6. The van der Waals surface area contributed by atoms with Crippen molar-refractivity contribution in [1.29, 1.82) is 0 Å². The van der Waals surface area contributed by atoms with E-state index in [-0.39, 0.29) is 5.91 Å². The van der Waals surface area contributed by atoms with Crippen LogP contribution in [0.1, 0.15) is 38.1 Å². The lowest BCUT2D eigenvalue weighted by Crippen LogP contribution is -2.42. The molecule has 1 aromatic rings. The standard InChI is InChI=1S/C14H20N2O3/c1-9(13(18)19-14(2,3)4)16-12(17)10-5-7-11(15)8-6-10/h5-9H,15H2,1-4H3,(H,16,17). The van der Waals surface area contributed by atoms with Gasteiger partial charge in [0.05, 0.1) is 0 Å². The van der Waals surface area contributed by atoms with E-state index in [2.05, 4.69) is 5.32 Å². The molecule has 0 saturated heterocycles. The Kier molecular flexibility index (Phi) is 4.53. The van der Waals surface area contributed by atoms with Crippen LogP contribution in [0, 0.1) is 0 Å². The number of hydrogen-bond donors (Lipinski definition) is 2. The lowest BCUT2D eigenvalue weighted by Gasteiger charge is -2.22. The number of nitrogen functional groups attached to an aromatic ring is 1. The quantitative estimate of drug-likeness (QED) is 0.643. The minimum atomic E-state index is -0.704. The second-order valence-electron chi connectivity index (χ2n) is 5.35. The maximum Gasteiger partial charge on any atom is 0.328 e. The maximum absolute atomic E-state index is 11.9. The number of nitrogens with two attached hydrogens (primary N) is 1. The van der Waals surface area contributed by atoms with Gasteiger partial charge in [-0.25, -0.2) is 4.79 Å². The Labute approximate surface area is 113 Å². The molecule has 0 aliphatic heterocycles. The first-order chi connectivity index (χ1) is 8.69. The molecule has 5 nitrogen and oxygen atoms in total. The first kappa shape index (κ1) is 15.0. The highest BCUT2D eigenvalue weighted by molar-refractivity contribution is 5.96. The first-order valence-corrected chi connectivity index (χ1v) is 6.08. The van der Waals surface area contributed by atoms with Crippen molar-refractivity contribution in [2.24, 2.45) is 0 Å². The van der Waals surface area contributed by atoms with Gasteiger partial charge >= 0.3 is 5.97 Å². The molecule has 1 rings (SSSR count). The minimum Gasteiger partial charge on any atom is -0.458 e. The van der Waals surface area contributed by atoms with Crippen LogP contribution in [0.2, 0.25) is 0 Å². The predicted octanol–water partition coefficient (Wildman–Crippen LogP) is 1.73. The van der Waals surface area contributed by atoms with Crippen LogP contribution in [-0.2, 0) is 9.53 Å². The fourth-order valence-electron chi connectivity index (χ4n) is 1.36.